The smallest absolute Gasteiger partial charge is 0.149 e. The van der Waals surface area contributed by atoms with Crippen LogP contribution in [0.3, 0.4) is 0 Å². The van der Waals surface area contributed by atoms with E-state index in [4.69, 9.17) is 5.73 Å². The van der Waals surface area contributed by atoms with Gasteiger partial charge in [-0.2, -0.15) is 0 Å². The highest BCUT2D eigenvalue weighted by atomic mass is 15.2. The van der Waals surface area contributed by atoms with E-state index >= 15 is 0 Å². The van der Waals surface area contributed by atoms with Gasteiger partial charge in [-0.05, 0) is 24.5 Å². The molecular weight excluding hydrogens is 176 g/mol. The lowest BCUT2D eigenvalue weighted by Gasteiger charge is -2.28. The van der Waals surface area contributed by atoms with Crippen molar-refractivity contribution in [1.82, 2.24) is 10.2 Å². The Morgan fingerprint density at radius 1 is 1.29 bits per heavy atom. The zero-order chi connectivity index (χ0) is 10.8. The standard InChI is InChI=1S/C10H18N4/c1-7(10(2,3)4)12-9-6-5-8(11)13-14-9/h5-7H,1-4H3,(H2,11,13)(H,12,14). The lowest BCUT2D eigenvalue weighted by Crippen LogP contribution is -2.31. The Labute approximate surface area is 84.9 Å². The molecule has 1 unspecified atom stereocenters. The number of aromatic nitrogens is 2. The van der Waals surface area contributed by atoms with Gasteiger partial charge in [-0.15, -0.1) is 10.2 Å². The Bertz CT molecular complexity index is 286. The molecule has 0 spiro atoms. The zero-order valence-corrected chi connectivity index (χ0v) is 9.20. The van der Waals surface area contributed by atoms with Crippen LogP contribution in [0.1, 0.15) is 27.7 Å². The molecule has 0 aliphatic rings. The van der Waals surface area contributed by atoms with Crippen LogP contribution in [0.2, 0.25) is 0 Å². The van der Waals surface area contributed by atoms with E-state index in [-0.39, 0.29) is 5.41 Å². The Hall–Kier alpha value is -1.32. The van der Waals surface area contributed by atoms with Crippen LogP contribution in [0.5, 0.6) is 0 Å². The summed E-state index contributed by atoms with van der Waals surface area (Å²) in [5, 5.41) is 11.0. The molecule has 0 fully saturated rings. The van der Waals surface area contributed by atoms with Crippen LogP contribution < -0.4 is 11.1 Å². The molecule has 1 aromatic rings. The molecule has 4 heteroatoms. The molecule has 0 saturated heterocycles. The third kappa shape index (κ3) is 2.87. The predicted molar refractivity (Wildman–Crippen MR) is 59.0 cm³/mol. The molecule has 0 radical (unpaired) electrons. The fourth-order valence-electron chi connectivity index (χ4n) is 0.858. The topological polar surface area (TPSA) is 63.8 Å². The number of nitrogens with zero attached hydrogens (tertiary/aromatic N) is 2. The Kier molecular flexibility index (Phi) is 2.93. The van der Waals surface area contributed by atoms with Crippen LogP contribution in [-0.4, -0.2) is 16.2 Å². The van der Waals surface area contributed by atoms with Crippen molar-refractivity contribution in [2.75, 3.05) is 11.1 Å². The van der Waals surface area contributed by atoms with Crippen LogP contribution in [-0.2, 0) is 0 Å². The fourth-order valence-corrected chi connectivity index (χ4v) is 0.858. The summed E-state index contributed by atoms with van der Waals surface area (Å²) in [5.41, 5.74) is 5.64. The third-order valence-corrected chi connectivity index (χ3v) is 2.35. The van der Waals surface area contributed by atoms with Crippen molar-refractivity contribution in [3.63, 3.8) is 0 Å². The second-order valence-corrected chi connectivity index (χ2v) is 4.58. The summed E-state index contributed by atoms with van der Waals surface area (Å²) in [6.45, 7) is 8.65. The first-order valence-corrected chi connectivity index (χ1v) is 4.75. The van der Waals surface area contributed by atoms with Gasteiger partial charge in [0.05, 0.1) is 0 Å². The van der Waals surface area contributed by atoms with Gasteiger partial charge in [-0.25, -0.2) is 0 Å². The SMILES string of the molecule is CC(Nc1ccc(N)nn1)C(C)(C)C. The molecule has 4 nitrogen and oxygen atoms in total. The Morgan fingerprint density at radius 2 is 1.93 bits per heavy atom. The van der Waals surface area contributed by atoms with Gasteiger partial charge in [0.25, 0.3) is 0 Å². The number of nitrogens with two attached hydrogens (primary N) is 1. The van der Waals surface area contributed by atoms with Crippen molar-refractivity contribution < 1.29 is 0 Å². The lowest BCUT2D eigenvalue weighted by atomic mass is 9.88. The summed E-state index contributed by atoms with van der Waals surface area (Å²) < 4.78 is 0. The van der Waals surface area contributed by atoms with E-state index in [0.717, 1.165) is 5.82 Å². The van der Waals surface area contributed by atoms with Gasteiger partial charge in [-0.3, -0.25) is 0 Å². The first-order chi connectivity index (χ1) is 6.39. The molecule has 0 amide bonds. The molecule has 0 aliphatic carbocycles. The average Bonchev–Trinajstić information content (AvgIpc) is 2.07. The van der Waals surface area contributed by atoms with Gasteiger partial charge in [0.15, 0.2) is 0 Å². The van der Waals surface area contributed by atoms with Crippen LogP contribution in [0.4, 0.5) is 11.6 Å². The van der Waals surface area contributed by atoms with Gasteiger partial charge in [0.1, 0.15) is 11.6 Å². The summed E-state index contributed by atoms with van der Waals surface area (Å²) >= 11 is 0. The summed E-state index contributed by atoms with van der Waals surface area (Å²) in [7, 11) is 0. The van der Waals surface area contributed by atoms with E-state index in [1.54, 1.807) is 6.07 Å². The molecule has 1 rings (SSSR count). The van der Waals surface area contributed by atoms with Crippen LogP contribution >= 0.6 is 0 Å². The van der Waals surface area contributed by atoms with Gasteiger partial charge in [0.2, 0.25) is 0 Å². The minimum absolute atomic E-state index is 0.197. The van der Waals surface area contributed by atoms with Gasteiger partial charge in [-0.1, -0.05) is 20.8 Å². The summed E-state index contributed by atoms with van der Waals surface area (Å²) in [5.74, 6) is 1.21. The zero-order valence-electron chi connectivity index (χ0n) is 9.20. The molecular formula is C10H18N4. The molecule has 0 saturated carbocycles. The fraction of sp³-hybridized carbons (Fsp3) is 0.600. The first kappa shape index (κ1) is 10.8. The Balaban J connectivity index is 2.65. The molecule has 78 valence electrons. The molecule has 14 heavy (non-hydrogen) atoms. The van der Waals surface area contributed by atoms with Crippen molar-refractivity contribution in [2.24, 2.45) is 5.41 Å². The maximum atomic E-state index is 5.44. The number of nitrogens with one attached hydrogen (secondary N) is 1. The van der Waals surface area contributed by atoms with E-state index in [0.29, 0.717) is 11.9 Å². The van der Waals surface area contributed by atoms with Crippen molar-refractivity contribution >= 4 is 11.6 Å². The number of hydrogen-bond acceptors (Lipinski definition) is 4. The highest BCUT2D eigenvalue weighted by Gasteiger charge is 2.19. The first-order valence-electron chi connectivity index (χ1n) is 4.75. The normalized spacial score (nSPS) is 13.7. The molecule has 1 heterocycles. The highest BCUT2D eigenvalue weighted by Crippen LogP contribution is 2.21. The second kappa shape index (κ2) is 3.82. The Morgan fingerprint density at radius 3 is 2.36 bits per heavy atom. The maximum absolute atomic E-state index is 5.44. The van der Waals surface area contributed by atoms with Crippen LogP contribution in [0.15, 0.2) is 12.1 Å². The number of hydrogen-bond donors (Lipinski definition) is 2. The second-order valence-electron chi connectivity index (χ2n) is 4.58. The van der Waals surface area contributed by atoms with Gasteiger partial charge in [0, 0.05) is 6.04 Å². The lowest BCUT2D eigenvalue weighted by molar-refractivity contribution is 0.358. The molecule has 0 aliphatic heterocycles. The van der Waals surface area contributed by atoms with E-state index in [2.05, 4.69) is 43.2 Å². The van der Waals surface area contributed by atoms with Crippen LogP contribution in [0.25, 0.3) is 0 Å². The average molecular weight is 194 g/mol. The molecule has 0 aromatic carbocycles. The quantitative estimate of drug-likeness (QED) is 0.754. The minimum atomic E-state index is 0.197. The minimum Gasteiger partial charge on any atom is -0.382 e. The van der Waals surface area contributed by atoms with E-state index in [1.807, 2.05) is 6.07 Å². The van der Waals surface area contributed by atoms with E-state index in [9.17, 15) is 0 Å². The number of anilines is 2. The van der Waals surface area contributed by atoms with Crippen molar-refractivity contribution in [3.05, 3.63) is 12.1 Å². The summed E-state index contributed by atoms with van der Waals surface area (Å²) in [6, 6.07) is 3.91. The number of nitrogen functional groups attached to an aromatic ring is 1. The highest BCUT2D eigenvalue weighted by molar-refractivity contribution is 5.39. The summed E-state index contributed by atoms with van der Waals surface area (Å²) in [6.07, 6.45) is 0. The molecule has 1 atom stereocenters. The summed E-state index contributed by atoms with van der Waals surface area (Å²) in [4.78, 5) is 0. The third-order valence-electron chi connectivity index (χ3n) is 2.35. The van der Waals surface area contributed by atoms with E-state index < -0.39 is 0 Å². The van der Waals surface area contributed by atoms with Crippen molar-refractivity contribution in [2.45, 2.75) is 33.7 Å². The van der Waals surface area contributed by atoms with Gasteiger partial charge >= 0.3 is 0 Å². The predicted octanol–water partition coefficient (Wildman–Crippen LogP) is 1.91. The van der Waals surface area contributed by atoms with Crippen molar-refractivity contribution in [1.29, 1.82) is 0 Å². The van der Waals surface area contributed by atoms with Crippen LogP contribution in [0, 0.1) is 5.41 Å². The molecule has 0 bridgehead atoms. The largest absolute Gasteiger partial charge is 0.382 e. The van der Waals surface area contributed by atoms with Crippen molar-refractivity contribution in [3.8, 4) is 0 Å². The number of rotatable bonds is 2. The monoisotopic (exact) mass is 194 g/mol. The van der Waals surface area contributed by atoms with E-state index in [1.165, 1.54) is 0 Å². The molecule has 3 N–H and O–H groups in total. The maximum Gasteiger partial charge on any atom is 0.149 e. The molecule has 1 aromatic heterocycles. The van der Waals surface area contributed by atoms with Gasteiger partial charge < -0.3 is 11.1 Å².